The van der Waals surface area contributed by atoms with Gasteiger partial charge >= 0.3 is 5.97 Å². The van der Waals surface area contributed by atoms with E-state index in [-0.39, 0.29) is 11.7 Å². The molecule has 0 radical (unpaired) electrons. The third-order valence-electron chi connectivity index (χ3n) is 1.33. The number of hydrogen-bond donors (Lipinski definition) is 0. The van der Waals surface area contributed by atoms with E-state index in [2.05, 4.69) is 4.74 Å². The van der Waals surface area contributed by atoms with Gasteiger partial charge in [-0.05, 0) is 6.07 Å². The van der Waals surface area contributed by atoms with Crippen LogP contribution in [-0.4, -0.2) is 18.8 Å². The third kappa shape index (κ3) is 3.33. The first-order valence-corrected chi connectivity index (χ1v) is 4.59. The molecule has 0 aromatic carbocycles. The molecule has 13 heavy (non-hydrogen) atoms. The lowest BCUT2D eigenvalue weighted by Gasteiger charge is -1.99. The fraction of sp³-hybridized carbons (Fsp3) is 0.250. The van der Waals surface area contributed by atoms with Gasteiger partial charge in [0.2, 0.25) is 0 Å². The zero-order valence-electron chi connectivity index (χ0n) is 7.10. The molecule has 5 heteroatoms. The molecule has 1 heterocycles. The van der Waals surface area contributed by atoms with Crippen molar-refractivity contribution < 1.29 is 14.3 Å². The molecule has 1 rings (SSSR count). The van der Waals surface area contributed by atoms with Gasteiger partial charge in [-0.15, -0.1) is 11.8 Å². The zero-order valence-corrected chi connectivity index (χ0v) is 7.91. The first kappa shape index (κ1) is 9.85. The van der Waals surface area contributed by atoms with E-state index in [1.165, 1.54) is 31.3 Å². The normalized spacial score (nSPS) is 9.62. The molecule has 0 aliphatic rings. The summed E-state index contributed by atoms with van der Waals surface area (Å²) in [7, 11) is 1.33. The number of esters is 1. The van der Waals surface area contributed by atoms with Gasteiger partial charge in [0.25, 0.3) is 0 Å². The minimum absolute atomic E-state index is 0.223. The molecule has 0 saturated carbocycles. The summed E-state index contributed by atoms with van der Waals surface area (Å²) in [6, 6.07) is 3.40. The maximum Gasteiger partial charge on any atom is 0.315 e. The Morgan fingerprint density at radius 2 is 2.54 bits per heavy atom. The summed E-state index contributed by atoms with van der Waals surface area (Å²) in [6.07, 6.45) is 2.80. The predicted octanol–water partition coefficient (Wildman–Crippen LogP) is 0.585. The molecule has 0 N–H and O–H groups in total. The van der Waals surface area contributed by atoms with Gasteiger partial charge in [0.15, 0.2) is 12.4 Å². The van der Waals surface area contributed by atoms with Crippen LogP contribution in [0.5, 0.6) is 0 Å². The Balaban J connectivity index is 2.50. The van der Waals surface area contributed by atoms with Crippen LogP contribution in [0, 0.1) is 5.21 Å². The van der Waals surface area contributed by atoms with Gasteiger partial charge in [-0.25, -0.2) is 0 Å². The Morgan fingerprint density at radius 3 is 3.15 bits per heavy atom. The van der Waals surface area contributed by atoms with Crippen LogP contribution in [0.2, 0.25) is 0 Å². The highest BCUT2D eigenvalue weighted by molar-refractivity contribution is 8.00. The van der Waals surface area contributed by atoms with Crippen LogP contribution < -0.4 is 4.73 Å². The number of carbonyl (C=O) groups is 1. The van der Waals surface area contributed by atoms with Crippen LogP contribution >= 0.6 is 11.8 Å². The fourth-order valence-corrected chi connectivity index (χ4v) is 1.48. The molecule has 0 saturated heterocycles. The molecule has 0 aliphatic carbocycles. The molecule has 0 fully saturated rings. The van der Waals surface area contributed by atoms with Crippen molar-refractivity contribution in [1.29, 1.82) is 0 Å². The van der Waals surface area contributed by atoms with E-state index in [9.17, 15) is 10.0 Å². The second-order valence-electron chi connectivity index (χ2n) is 2.26. The summed E-state index contributed by atoms with van der Waals surface area (Å²) in [5, 5.41) is 10.8. The molecular formula is C8H9NO3S. The third-order valence-corrected chi connectivity index (χ3v) is 2.29. The Hall–Kier alpha value is -1.23. The topological polar surface area (TPSA) is 53.2 Å². The number of carbonyl (C=O) groups excluding carboxylic acids is 1. The number of rotatable bonds is 3. The highest BCUT2D eigenvalue weighted by Crippen LogP contribution is 2.14. The van der Waals surface area contributed by atoms with Crippen molar-refractivity contribution >= 4 is 17.7 Å². The van der Waals surface area contributed by atoms with Crippen molar-refractivity contribution in [2.24, 2.45) is 0 Å². The molecule has 1 aromatic heterocycles. The number of nitrogens with zero attached hydrogens (tertiary/aromatic N) is 1. The quantitative estimate of drug-likeness (QED) is 0.309. The maximum absolute atomic E-state index is 10.8. The summed E-state index contributed by atoms with van der Waals surface area (Å²) in [5.41, 5.74) is 0. The van der Waals surface area contributed by atoms with Crippen LogP contribution in [0.4, 0.5) is 0 Å². The first-order valence-electron chi connectivity index (χ1n) is 3.61. The second-order valence-corrected chi connectivity index (χ2v) is 3.31. The standard InChI is InChI=1S/C8H9NO3S/c1-12-8(10)6-13-7-3-2-4-9(11)5-7/h2-5H,6H2,1H3. The largest absolute Gasteiger partial charge is 0.619 e. The minimum atomic E-state index is -0.300. The van der Waals surface area contributed by atoms with Crippen LogP contribution in [0.25, 0.3) is 0 Å². The highest BCUT2D eigenvalue weighted by atomic mass is 32.2. The van der Waals surface area contributed by atoms with E-state index in [1.807, 2.05) is 0 Å². The van der Waals surface area contributed by atoms with Gasteiger partial charge in [-0.1, -0.05) is 0 Å². The van der Waals surface area contributed by atoms with Crippen molar-refractivity contribution in [3.05, 3.63) is 29.7 Å². The maximum atomic E-state index is 10.8. The van der Waals surface area contributed by atoms with E-state index in [0.717, 1.165) is 4.90 Å². The van der Waals surface area contributed by atoms with Crippen LogP contribution in [0.1, 0.15) is 0 Å². The number of thioether (sulfide) groups is 1. The molecule has 0 spiro atoms. The highest BCUT2D eigenvalue weighted by Gasteiger charge is 2.03. The monoisotopic (exact) mass is 199 g/mol. The van der Waals surface area contributed by atoms with Crippen molar-refractivity contribution in [3.8, 4) is 0 Å². The predicted molar refractivity (Wildman–Crippen MR) is 48.1 cm³/mol. The van der Waals surface area contributed by atoms with E-state index in [0.29, 0.717) is 4.73 Å². The van der Waals surface area contributed by atoms with Gasteiger partial charge in [0, 0.05) is 6.07 Å². The van der Waals surface area contributed by atoms with Gasteiger partial charge in [-0.2, -0.15) is 4.73 Å². The van der Waals surface area contributed by atoms with Gasteiger partial charge in [-0.3, -0.25) is 4.79 Å². The molecule has 0 unspecified atom stereocenters. The SMILES string of the molecule is COC(=O)CSc1ccc[n+]([O-])c1. The molecule has 0 atom stereocenters. The molecule has 4 nitrogen and oxygen atoms in total. The lowest BCUT2D eigenvalue weighted by molar-refractivity contribution is -0.607. The Kier molecular flexibility index (Phi) is 3.57. The number of hydrogen-bond acceptors (Lipinski definition) is 4. The van der Waals surface area contributed by atoms with Crippen LogP contribution in [0.15, 0.2) is 29.4 Å². The fourth-order valence-electron chi connectivity index (χ4n) is 0.721. The summed E-state index contributed by atoms with van der Waals surface area (Å²) in [4.78, 5) is 11.5. The van der Waals surface area contributed by atoms with Gasteiger partial charge in [0.1, 0.15) is 0 Å². The van der Waals surface area contributed by atoms with Crippen LogP contribution in [-0.2, 0) is 9.53 Å². The molecule has 0 bridgehead atoms. The lowest BCUT2D eigenvalue weighted by Crippen LogP contribution is -2.24. The molecule has 0 aliphatic heterocycles. The van der Waals surface area contributed by atoms with Gasteiger partial charge in [0.05, 0.1) is 17.8 Å². The Labute approximate surface area is 80.1 Å². The Bertz CT molecular complexity index is 303. The average molecular weight is 199 g/mol. The first-order chi connectivity index (χ1) is 6.22. The minimum Gasteiger partial charge on any atom is -0.619 e. The Morgan fingerprint density at radius 1 is 1.77 bits per heavy atom. The van der Waals surface area contributed by atoms with Gasteiger partial charge < -0.3 is 9.94 Å². The number of pyridine rings is 1. The molecule has 0 amide bonds. The van der Waals surface area contributed by atoms with E-state index in [4.69, 9.17) is 0 Å². The van der Waals surface area contributed by atoms with Crippen molar-refractivity contribution in [3.63, 3.8) is 0 Å². The van der Waals surface area contributed by atoms with Crippen molar-refractivity contribution in [2.75, 3.05) is 12.9 Å². The smallest absolute Gasteiger partial charge is 0.315 e. The summed E-state index contributed by atoms with van der Waals surface area (Å²) < 4.78 is 5.15. The van der Waals surface area contributed by atoms with E-state index >= 15 is 0 Å². The lowest BCUT2D eigenvalue weighted by atomic mass is 10.5. The molecule has 1 aromatic rings. The summed E-state index contributed by atoms with van der Waals surface area (Å²) in [6.45, 7) is 0. The second kappa shape index (κ2) is 4.71. The van der Waals surface area contributed by atoms with E-state index in [1.54, 1.807) is 12.1 Å². The molecule has 70 valence electrons. The summed E-state index contributed by atoms with van der Waals surface area (Å²) >= 11 is 1.27. The number of aromatic nitrogens is 1. The van der Waals surface area contributed by atoms with Crippen molar-refractivity contribution in [1.82, 2.24) is 0 Å². The van der Waals surface area contributed by atoms with Crippen LogP contribution in [0.3, 0.4) is 0 Å². The van der Waals surface area contributed by atoms with E-state index < -0.39 is 0 Å². The zero-order chi connectivity index (χ0) is 9.68. The summed E-state index contributed by atoms with van der Waals surface area (Å²) in [5.74, 6) is -0.0770. The average Bonchev–Trinajstić information content (AvgIpc) is 2.14. The number of methoxy groups -OCH3 is 1. The molecular weight excluding hydrogens is 190 g/mol. The van der Waals surface area contributed by atoms with Crippen molar-refractivity contribution in [2.45, 2.75) is 4.90 Å². The number of ether oxygens (including phenoxy) is 1.